The van der Waals surface area contributed by atoms with Gasteiger partial charge in [0.1, 0.15) is 11.5 Å². The Morgan fingerprint density at radius 2 is 1.73 bits per heavy atom. The van der Waals surface area contributed by atoms with Crippen LogP contribution in [0.4, 0.5) is 0 Å². The third kappa shape index (κ3) is 4.85. The molecule has 2 aromatic carbocycles. The van der Waals surface area contributed by atoms with Crippen LogP contribution in [0.1, 0.15) is 24.8 Å². The molecule has 0 radical (unpaired) electrons. The number of ether oxygens (including phenoxy) is 1. The molecule has 0 N–H and O–H groups in total. The topological polar surface area (TPSA) is 49.9 Å². The van der Waals surface area contributed by atoms with E-state index in [-0.39, 0.29) is 18.4 Å². The van der Waals surface area contributed by atoms with E-state index in [9.17, 15) is 9.59 Å². The number of piperidine rings is 1. The minimum absolute atomic E-state index is 0.0372. The lowest BCUT2D eigenvalue weighted by Gasteiger charge is -2.28. The molecular weight excluding hydrogens is 328 g/mol. The van der Waals surface area contributed by atoms with Crippen molar-refractivity contribution in [2.45, 2.75) is 25.8 Å². The van der Waals surface area contributed by atoms with Crippen LogP contribution in [-0.2, 0) is 16.1 Å². The third-order valence-electron chi connectivity index (χ3n) is 4.50. The first-order chi connectivity index (χ1) is 12.6. The lowest BCUT2D eigenvalue weighted by Crippen LogP contribution is -2.43. The zero-order valence-electron chi connectivity index (χ0n) is 15.1. The molecule has 1 aliphatic rings. The molecule has 2 aromatic rings. The number of carbonyl (C=O) groups is 2. The quantitative estimate of drug-likeness (QED) is 0.800. The molecule has 1 saturated heterocycles. The van der Waals surface area contributed by atoms with Gasteiger partial charge in [-0.1, -0.05) is 30.3 Å². The van der Waals surface area contributed by atoms with Gasteiger partial charge in [0.05, 0.1) is 6.54 Å². The first-order valence-corrected chi connectivity index (χ1v) is 8.95. The van der Waals surface area contributed by atoms with Crippen molar-refractivity contribution in [3.8, 4) is 11.5 Å². The van der Waals surface area contributed by atoms with E-state index >= 15 is 0 Å². The van der Waals surface area contributed by atoms with Crippen LogP contribution in [0.25, 0.3) is 0 Å². The van der Waals surface area contributed by atoms with E-state index in [1.165, 1.54) is 0 Å². The molecule has 2 amide bonds. The Bertz CT molecular complexity index is 744. The molecule has 26 heavy (non-hydrogen) atoms. The molecule has 0 bridgehead atoms. The molecular formula is C21H24N2O3. The van der Waals surface area contributed by atoms with Crippen LogP contribution in [0, 0.1) is 0 Å². The molecule has 0 atom stereocenters. The van der Waals surface area contributed by atoms with Crippen molar-refractivity contribution < 1.29 is 14.3 Å². The molecule has 1 fully saturated rings. The second-order valence-corrected chi connectivity index (χ2v) is 6.58. The maximum absolute atomic E-state index is 12.4. The van der Waals surface area contributed by atoms with Gasteiger partial charge in [0.25, 0.3) is 0 Å². The Hall–Kier alpha value is -2.82. The highest BCUT2D eigenvalue weighted by atomic mass is 16.5. The van der Waals surface area contributed by atoms with Crippen LogP contribution in [-0.4, -0.2) is 41.8 Å². The summed E-state index contributed by atoms with van der Waals surface area (Å²) < 4.78 is 5.77. The lowest BCUT2D eigenvalue weighted by molar-refractivity contribution is -0.141. The van der Waals surface area contributed by atoms with E-state index in [0.29, 0.717) is 19.5 Å². The van der Waals surface area contributed by atoms with Gasteiger partial charge in [0.15, 0.2) is 0 Å². The summed E-state index contributed by atoms with van der Waals surface area (Å²) in [5.74, 6) is 1.59. The predicted molar refractivity (Wildman–Crippen MR) is 99.9 cm³/mol. The summed E-state index contributed by atoms with van der Waals surface area (Å²) in [7, 11) is 1.77. The molecule has 1 heterocycles. The van der Waals surface area contributed by atoms with Crippen LogP contribution in [0.3, 0.4) is 0 Å². The van der Waals surface area contributed by atoms with Crippen molar-refractivity contribution in [1.29, 1.82) is 0 Å². The Kier molecular flexibility index (Phi) is 5.89. The predicted octanol–water partition coefficient (Wildman–Crippen LogP) is 3.45. The van der Waals surface area contributed by atoms with Gasteiger partial charge in [0.2, 0.25) is 11.8 Å². The van der Waals surface area contributed by atoms with Crippen LogP contribution in [0.2, 0.25) is 0 Å². The van der Waals surface area contributed by atoms with Crippen molar-refractivity contribution >= 4 is 11.8 Å². The molecule has 136 valence electrons. The number of hydrogen-bond donors (Lipinski definition) is 0. The maximum atomic E-state index is 12.4. The van der Waals surface area contributed by atoms with E-state index in [4.69, 9.17) is 4.74 Å². The molecule has 0 aromatic heterocycles. The van der Waals surface area contributed by atoms with Crippen molar-refractivity contribution in [2.75, 3.05) is 20.1 Å². The number of amides is 2. The fourth-order valence-electron chi connectivity index (χ4n) is 2.96. The monoisotopic (exact) mass is 352 g/mol. The summed E-state index contributed by atoms with van der Waals surface area (Å²) in [6.45, 7) is 1.36. The summed E-state index contributed by atoms with van der Waals surface area (Å²) in [5.41, 5.74) is 1.02. The largest absolute Gasteiger partial charge is 0.457 e. The zero-order valence-corrected chi connectivity index (χ0v) is 15.1. The Morgan fingerprint density at radius 1 is 1.04 bits per heavy atom. The average molecular weight is 352 g/mol. The fourth-order valence-corrected chi connectivity index (χ4v) is 2.96. The molecule has 5 nitrogen and oxygen atoms in total. The minimum atomic E-state index is -0.0372. The second kappa shape index (κ2) is 8.52. The minimum Gasteiger partial charge on any atom is -0.457 e. The fraction of sp³-hybridized carbons (Fsp3) is 0.333. The summed E-state index contributed by atoms with van der Waals surface area (Å²) in [6.07, 6.45) is 2.46. The van der Waals surface area contributed by atoms with Gasteiger partial charge < -0.3 is 14.5 Å². The van der Waals surface area contributed by atoms with Gasteiger partial charge in [-0.05, 0) is 42.7 Å². The van der Waals surface area contributed by atoms with Crippen molar-refractivity contribution in [3.63, 3.8) is 0 Å². The molecule has 3 rings (SSSR count). The highest BCUT2D eigenvalue weighted by Crippen LogP contribution is 2.21. The Balaban J connectivity index is 1.53. The first kappa shape index (κ1) is 18.0. The molecule has 0 saturated carbocycles. The normalized spacial score (nSPS) is 14.2. The second-order valence-electron chi connectivity index (χ2n) is 6.58. The number of para-hydroxylation sites is 1. The smallest absolute Gasteiger partial charge is 0.242 e. The van der Waals surface area contributed by atoms with Gasteiger partial charge in [-0.3, -0.25) is 9.59 Å². The van der Waals surface area contributed by atoms with Crippen LogP contribution in [0.5, 0.6) is 11.5 Å². The van der Waals surface area contributed by atoms with Crippen molar-refractivity contribution in [3.05, 3.63) is 60.2 Å². The van der Waals surface area contributed by atoms with Crippen molar-refractivity contribution in [2.24, 2.45) is 0 Å². The molecule has 0 unspecified atom stereocenters. The number of likely N-dealkylation sites (tertiary alicyclic amines) is 1. The highest BCUT2D eigenvalue weighted by Gasteiger charge is 2.22. The highest BCUT2D eigenvalue weighted by molar-refractivity contribution is 5.85. The molecule has 1 aliphatic heterocycles. The number of carbonyl (C=O) groups excluding carboxylic acids is 2. The summed E-state index contributed by atoms with van der Waals surface area (Å²) >= 11 is 0. The Morgan fingerprint density at radius 3 is 2.42 bits per heavy atom. The average Bonchev–Trinajstić information content (AvgIpc) is 2.66. The van der Waals surface area contributed by atoms with Crippen LogP contribution in [0.15, 0.2) is 54.6 Å². The van der Waals surface area contributed by atoms with E-state index in [2.05, 4.69) is 0 Å². The standard InChI is InChI=1S/C21H24N2O3/c1-22(21(25)16-23-14-6-5-9-20(23)24)15-17-10-12-19(13-11-17)26-18-7-3-2-4-8-18/h2-4,7-8,10-13H,5-6,9,14-16H2,1H3. The van der Waals surface area contributed by atoms with Gasteiger partial charge in [-0.2, -0.15) is 0 Å². The van der Waals surface area contributed by atoms with E-state index in [1.807, 2.05) is 54.6 Å². The first-order valence-electron chi connectivity index (χ1n) is 8.95. The van der Waals surface area contributed by atoms with Gasteiger partial charge in [0, 0.05) is 26.6 Å². The summed E-state index contributed by atoms with van der Waals surface area (Å²) in [5, 5.41) is 0. The summed E-state index contributed by atoms with van der Waals surface area (Å²) in [4.78, 5) is 27.5. The van der Waals surface area contributed by atoms with Crippen LogP contribution >= 0.6 is 0 Å². The van der Waals surface area contributed by atoms with E-state index in [0.717, 1.165) is 29.9 Å². The van der Waals surface area contributed by atoms with Gasteiger partial charge >= 0.3 is 0 Å². The SMILES string of the molecule is CN(Cc1ccc(Oc2ccccc2)cc1)C(=O)CN1CCCCC1=O. The van der Waals surface area contributed by atoms with Crippen molar-refractivity contribution in [1.82, 2.24) is 9.80 Å². The third-order valence-corrected chi connectivity index (χ3v) is 4.50. The van der Waals surface area contributed by atoms with E-state index < -0.39 is 0 Å². The number of rotatable bonds is 6. The maximum Gasteiger partial charge on any atom is 0.242 e. The molecule has 0 aliphatic carbocycles. The lowest BCUT2D eigenvalue weighted by atomic mass is 10.1. The zero-order chi connectivity index (χ0) is 18.4. The van der Waals surface area contributed by atoms with E-state index in [1.54, 1.807) is 16.8 Å². The molecule has 0 spiro atoms. The van der Waals surface area contributed by atoms with Crippen LogP contribution < -0.4 is 4.74 Å². The number of benzene rings is 2. The van der Waals surface area contributed by atoms with Gasteiger partial charge in [-0.15, -0.1) is 0 Å². The number of hydrogen-bond acceptors (Lipinski definition) is 3. The Labute approximate surface area is 154 Å². The van der Waals surface area contributed by atoms with Gasteiger partial charge in [-0.25, -0.2) is 0 Å². The summed E-state index contributed by atoms with van der Waals surface area (Å²) in [6, 6.07) is 17.3. The number of likely N-dealkylation sites (N-methyl/N-ethyl adjacent to an activating group) is 1. The number of nitrogens with zero attached hydrogens (tertiary/aromatic N) is 2. The molecule has 5 heteroatoms.